The van der Waals surface area contributed by atoms with Crippen LogP contribution in [-0.2, 0) is 10.0 Å². The van der Waals surface area contributed by atoms with Gasteiger partial charge in [-0.05, 0) is 25.5 Å². The zero-order valence-electron chi connectivity index (χ0n) is 15.1. The third-order valence-electron chi connectivity index (χ3n) is 4.32. The van der Waals surface area contributed by atoms with Gasteiger partial charge in [-0.15, -0.1) is 0 Å². The van der Waals surface area contributed by atoms with E-state index >= 15 is 0 Å². The highest BCUT2D eigenvalue weighted by Crippen LogP contribution is 2.24. The lowest BCUT2D eigenvalue weighted by molar-refractivity contribution is 0.103. The predicted octanol–water partition coefficient (Wildman–Crippen LogP) is 2.24. The van der Waals surface area contributed by atoms with Crippen LogP contribution in [0.25, 0.3) is 6.08 Å². The van der Waals surface area contributed by atoms with Gasteiger partial charge in [0, 0.05) is 17.0 Å². The number of rotatable bonds is 6. The summed E-state index contributed by atoms with van der Waals surface area (Å²) < 4.78 is 55.1. The average molecular weight is 474 g/mol. The van der Waals surface area contributed by atoms with Gasteiger partial charge in [0.1, 0.15) is 11.3 Å². The van der Waals surface area contributed by atoms with Crippen LogP contribution in [0.5, 0.6) is 0 Å². The number of sulfonamides is 1. The van der Waals surface area contributed by atoms with Crippen molar-refractivity contribution in [2.24, 2.45) is 4.99 Å². The Hall–Kier alpha value is -2.07. The maximum Gasteiger partial charge on any atom is 0.232 e. The predicted molar refractivity (Wildman–Crippen MR) is 106 cm³/mol. The van der Waals surface area contributed by atoms with Crippen molar-refractivity contribution in [3.05, 3.63) is 51.8 Å². The minimum Gasteiger partial charge on any atom is -0.346 e. The molecule has 6 nitrogen and oxygen atoms in total. The zero-order chi connectivity index (χ0) is 20.6. The molecule has 10 heteroatoms. The maximum atomic E-state index is 14.9. The number of aromatic nitrogens is 1. The van der Waals surface area contributed by atoms with E-state index in [2.05, 4.69) is 30.6 Å². The van der Waals surface area contributed by atoms with Crippen LogP contribution in [-0.4, -0.2) is 35.8 Å². The lowest BCUT2D eigenvalue weighted by atomic mass is 10.0. The van der Waals surface area contributed by atoms with E-state index in [1.165, 1.54) is 6.20 Å². The maximum absolute atomic E-state index is 14.9. The number of nitrogens with zero attached hydrogens (tertiary/aromatic N) is 1. The molecule has 150 valence electrons. The first-order chi connectivity index (χ1) is 13.1. The number of nitrogens with one attached hydrogen (secondary N) is 2. The van der Waals surface area contributed by atoms with Gasteiger partial charge in [0.15, 0.2) is 5.82 Å². The molecular weight excluding hydrogens is 456 g/mol. The van der Waals surface area contributed by atoms with E-state index in [1.807, 2.05) is 6.92 Å². The Morgan fingerprint density at radius 1 is 1.36 bits per heavy atom. The molecule has 28 heavy (non-hydrogen) atoms. The Morgan fingerprint density at radius 2 is 2.07 bits per heavy atom. The summed E-state index contributed by atoms with van der Waals surface area (Å²) in [7, 11) is -3.80. The van der Waals surface area contributed by atoms with Crippen LogP contribution in [0.2, 0.25) is 0 Å². The molecule has 2 unspecified atom stereocenters. The van der Waals surface area contributed by atoms with Crippen molar-refractivity contribution < 1.29 is 22.0 Å². The Balaban J connectivity index is 2.09. The minimum absolute atomic E-state index is 0.0569. The number of ketones is 1. The molecule has 0 aliphatic carbocycles. The van der Waals surface area contributed by atoms with Crippen molar-refractivity contribution in [3.63, 3.8) is 0 Å². The second kappa shape index (κ2) is 7.75. The van der Waals surface area contributed by atoms with Crippen LogP contribution in [0.15, 0.2) is 23.3 Å². The van der Waals surface area contributed by atoms with Crippen molar-refractivity contribution in [3.8, 4) is 0 Å². The molecule has 0 saturated heterocycles. The van der Waals surface area contributed by atoms with Crippen LogP contribution in [0.3, 0.4) is 0 Å². The summed E-state index contributed by atoms with van der Waals surface area (Å²) >= 11 is 3.44. The van der Waals surface area contributed by atoms with E-state index in [0.29, 0.717) is 17.1 Å². The van der Waals surface area contributed by atoms with Crippen LogP contribution in [0.4, 0.5) is 14.5 Å². The van der Waals surface area contributed by atoms with E-state index in [-0.39, 0.29) is 22.2 Å². The summed E-state index contributed by atoms with van der Waals surface area (Å²) in [4.78, 5) is 20.0. The van der Waals surface area contributed by atoms with Crippen molar-refractivity contribution in [2.75, 3.05) is 10.5 Å². The topological polar surface area (TPSA) is 91.4 Å². The zero-order valence-corrected chi connectivity index (χ0v) is 17.5. The smallest absolute Gasteiger partial charge is 0.232 e. The molecule has 0 saturated carbocycles. The summed E-state index contributed by atoms with van der Waals surface area (Å²) in [5.74, 6) is -3.45. The van der Waals surface area contributed by atoms with E-state index < -0.39 is 38.7 Å². The first-order valence-electron chi connectivity index (χ1n) is 8.59. The van der Waals surface area contributed by atoms with Crippen molar-refractivity contribution in [1.82, 2.24) is 4.98 Å². The Kier molecular flexibility index (Phi) is 5.72. The van der Waals surface area contributed by atoms with Crippen LogP contribution < -0.4 is 15.4 Å². The number of H-pyrrole nitrogens is 1. The fourth-order valence-corrected chi connectivity index (χ4v) is 4.44. The molecule has 0 fully saturated rings. The highest BCUT2D eigenvalue weighted by atomic mass is 79.9. The van der Waals surface area contributed by atoms with E-state index in [9.17, 15) is 22.0 Å². The molecule has 1 aromatic carbocycles. The van der Waals surface area contributed by atoms with Gasteiger partial charge in [-0.25, -0.2) is 17.2 Å². The Morgan fingerprint density at radius 3 is 2.75 bits per heavy atom. The third-order valence-corrected chi connectivity index (χ3v) is 6.83. The van der Waals surface area contributed by atoms with Crippen molar-refractivity contribution >= 4 is 43.5 Å². The number of benzene rings is 1. The Bertz CT molecular complexity index is 1160. The molecule has 1 aromatic heterocycles. The van der Waals surface area contributed by atoms with E-state index in [4.69, 9.17) is 0 Å². The number of halogens is 3. The van der Waals surface area contributed by atoms with E-state index in [1.54, 1.807) is 13.0 Å². The largest absolute Gasteiger partial charge is 0.346 e. The summed E-state index contributed by atoms with van der Waals surface area (Å²) in [6.45, 7) is 3.54. The van der Waals surface area contributed by atoms with Crippen LogP contribution in [0, 0.1) is 11.6 Å². The van der Waals surface area contributed by atoms with Gasteiger partial charge in [0.05, 0.1) is 27.9 Å². The fraction of sp³-hybridized carbons (Fsp3) is 0.333. The number of aromatic amines is 1. The van der Waals surface area contributed by atoms with Crippen molar-refractivity contribution in [2.45, 2.75) is 31.1 Å². The van der Waals surface area contributed by atoms with Crippen molar-refractivity contribution in [1.29, 1.82) is 0 Å². The van der Waals surface area contributed by atoms with E-state index in [0.717, 1.165) is 12.1 Å². The van der Waals surface area contributed by atoms with Gasteiger partial charge in [-0.2, -0.15) is 0 Å². The number of anilines is 1. The number of carbonyl (C=O) groups excluding carboxylic acids is 1. The molecule has 0 radical (unpaired) electrons. The van der Waals surface area contributed by atoms with Gasteiger partial charge in [-0.1, -0.05) is 28.9 Å². The summed E-state index contributed by atoms with van der Waals surface area (Å²) in [6.07, 6.45) is 3.42. The second-order valence-corrected chi connectivity index (χ2v) is 9.38. The molecular formula is C18H18BrF2N3O3S. The highest BCUT2D eigenvalue weighted by molar-refractivity contribution is 9.09. The normalized spacial score (nSPS) is 18.8. The molecule has 2 heterocycles. The fourth-order valence-electron chi connectivity index (χ4n) is 2.92. The number of hydrogen-bond acceptors (Lipinski definition) is 4. The van der Waals surface area contributed by atoms with Gasteiger partial charge in [0.25, 0.3) is 0 Å². The molecule has 2 atom stereocenters. The monoisotopic (exact) mass is 473 g/mol. The molecule has 1 aliphatic heterocycles. The summed E-state index contributed by atoms with van der Waals surface area (Å²) in [5, 5.41) is 0.445. The van der Waals surface area contributed by atoms with Gasteiger partial charge >= 0.3 is 0 Å². The summed E-state index contributed by atoms with van der Waals surface area (Å²) in [6, 6.07) is 1.75. The number of alkyl halides is 1. The number of hydrogen-bond donors (Lipinski definition) is 2. The van der Waals surface area contributed by atoms with Crippen LogP contribution in [0.1, 0.15) is 36.2 Å². The van der Waals surface area contributed by atoms with Gasteiger partial charge in [-0.3, -0.25) is 14.5 Å². The standard InChI is InChI=1S/C18H18BrF2N3O3S/c1-3-6-28(26,27)24-14-5-4-13(20)15(16(14)21)17(25)11-8-22-18-10(11)7-12(19)9(2)23-18/h4-5,7-9,12,24H,3,6H2,1-2H3,(H,22,23). The second-order valence-electron chi connectivity index (χ2n) is 6.48. The van der Waals surface area contributed by atoms with Gasteiger partial charge in [0.2, 0.25) is 15.8 Å². The molecule has 3 rings (SSSR count). The first kappa shape index (κ1) is 20.7. The third kappa shape index (κ3) is 3.88. The molecule has 2 aromatic rings. The summed E-state index contributed by atoms with van der Waals surface area (Å²) in [5.41, 5.74) is -0.784. The average Bonchev–Trinajstić information content (AvgIpc) is 3.00. The van der Waals surface area contributed by atoms with Gasteiger partial charge < -0.3 is 4.98 Å². The number of fused-ring (bicyclic) bond motifs is 1. The number of carbonyl (C=O) groups is 1. The lowest BCUT2D eigenvalue weighted by Crippen LogP contribution is -2.36. The molecule has 1 aliphatic rings. The minimum atomic E-state index is -3.80. The Labute approximate surface area is 168 Å². The molecule has 2 N–H and O–H groups in total. The van der Waals surface area contributed by atoms with Crippen LogP contribution >= 0.6 is 15.9 Å². The quantitative estimate of drug-likeness (QED) is 0.497. The molecule has 0 amide bonds. The lowest BCUT2D eigenvalue weighted by Gasteiger charge is -2.13. The molecule has 0 bridgehead atoms. The SMILES string of the molecule is CCCS(=O)(=O)Nc1ccc(F)c(C(=O)c2c[nH]c3c2=CC(Br)C(C)N=3)c1F. The highest BCUT2D eigenvalue weighted by Gasteiger charge is 2.26. The molecule has 0 spiro atoms. The first-order valence-corrected chi connectivity index (χ1v) is 11.2.